The molecule has 204 valence electrons. The molecule has 5 aromatic rings. The zero-order valence-corrected chi connectivity index (χ0v) is 23.2. The summed E-state index contributed by atoms with van der Waals surface area (Å²) in [5, 5.41) is -0.0374. The highest BCUT2D eigenvalue weighted by atomic mass is 35.5. The second-order valence-electron chi connectivity index (χ2n) is 8.14. The van der Waals surface area contributed by atoms with Crippen LogP contribution in [0.1, 0.15) is 17.3 Å². The lowest BCUT2D eigenvalue weighted by Gasteiger charge is -2.16. The molecule has 0 bridgehead atoms. The highest BCUT2D eigenvalue weighted by Crippen LogP contribution is 2.38. The van der Waals surface area contributed by atoms with Gasteiger partial charge in [-0.25, -0.2) is 19.9 Å². The molecule has 13 heteroatoms. The van der Waals surface area contributed by atoms with Crippen LogP contribution in [0.4, 0.5) is 5.82 Å². The molecule has 11 nitrogen and oxygen atoms in total. The number of nitrogens with one attached hydrogen (secondary N) is 1. The molecular weight excluding hydrogens is 556 g/mol. The van der Waals surface area contributed by atoms with Crippen molar-refractivity contribution >= 4 is 46.4 Å². The summed E-state index contributed by atoms with van der Waals surface area (Å²) in [5.74, 6) is 1.81. The SMILES string of the molecule is CCOc1cccc(-c2nc3nc(Cl)c(N[S+]([O-])c4ccc(C=O)cc4)nc3n2-c2c(OC)cccc2OC)n1. The second-order valence-corrected chi connectivity index (χ2v) is 9.71. The Balaban J connectivity index is 1.71. The molecule has 0 saturated carbocycles. The molecule has 0 spiro atoms. The molecule has 0 fully saturated rings. The van der Waals surface area contributed by atoms with Gasteiger partial charge in [0.15, 0.2) is 27.2 Å². The van der Waals surface area contributed by atoms with Crippen molar-refractivity contribution in [2.45, 2.75) is 11.8 Å². The quantitative estimate of drug-likeness (QED) is 0.180. The Morgan fingerprint density at radius 2 is 1.68 bits per heavy atom. The highest BCUT2D eigenvalue weighted by Gasteiger charge is 2.26. The van der Waals surface area contributed by atoms with E-state index < -0.39 is 11.4 Å². The van der Waals surface area contributed by atoms with E-state index >= 15 is 0 Å². The summed E-state index contributed by atoms with van der Waals surface area (Å²) < 4.78 is 34.5. The molecular formula is C27H23ClN6O5S. The van der Waals surface area contributed by atoms with Crippen LogP contribution in [0.5, 0.6) is 17.4 Å². The number of carbonyl (C=O) groups is 1. The van der Waals surface area contributed by atoms with Crippen molar-refractivity contribution in [1.29, 1.82) is 0 Å². The number of rotatable bonds is 10. The van der Waals surface area contributed by atoms with Crippen LogP contribution in [0.25, 0.3) is 28.5 Å². The van der Waals surface area contributed by atoms with Crippen LogP contribution in [0, 0.1) is 0 Å². The van der Waals surface area contributed by atoms with Crippen LogP contribution in [0.2, 0.25) is 5.15 Å². The van der Waals surface area contributed by atoms with E-state index in [0.717, 1.165) is 0 Å². The number of pyridine rings is 1. The predicted molar refractivity (Wildman–Crippen MR) is 151 cm³/mol. The van der Waals surface area contributed by atoms with E-state index in [1.54, 1.807) is 79.5 Å². The lowest BCUT2D eigenvalue weighted by atomic mass is 10.2. The standard InChI is InChI=1S/C27H23ClN6O5S/c1-4-39-21-10-5-7-18(29-21)26-32-25-27(34(26)22-19(37-2)8-6-9-20(22)38-3)31-24(23(28)30-25)33-40(36)17-13-11-16(15-35)12-14-17/h5-15H,4H2,1-3H3,(H,31,33). The lowest BCUT2D eigenvalue weighted by Crippen LogP contribution is -2.15. The van der Waals surface area contributed by atoms with Gasteiger partial charge in [0.05, 0.1) is 20.8 Å². The minimum atomic E-state index is -1.76. The fourth-order valence-electron chi connectivity index (χ4n) is 3.96. The first kappa shape index (κ1) is 27.2. The summed E-state index contributed by atoms with van der Waals surface area (Å²) in [6, 6.07) is 17.0. The topological polar surface area (TPSA) is 136 Å². The van der Waals surface area contributed by atoms with E-state index in [2.05, 4.69) is 19.7 Å². The Labute approximate surface area is 237 Å². The molecule has 0 aliphatic carbocycles. The number of ether oxygens (including phenoxy) is 3. The maximum atomic E-state index is 13.1. The zero-order valence-electron chi connectivity index (χ0n) is 21.6. The van der Waals surface area contributed by atoms with Gasteiger partial charge in [0.1, 0.15) is 40.5 Å². The van der Waals surface area contributed by atoms with Crippen LogP contribution < -0.4 is 18.9 Å². The molecule has 0 aliphatic rings. The average molecular weight is 579 g/mol. The van der Waals surface area contributed by atoms with E-state index in [-0.39, 0.29) is 22.3 Å². The summed E-state index contributed by atoms with van der Waals surface area (Å²) >= 11 is 4.71. The van der Waals surface area contributed by atoms with Gasteiger partial charge >= 0.3 is 0 Å². The van der Waals surface area contributed by atoms with Gasteiger partial charge in [0.25, 0.3) is 0 Å². The van der Waals surface area contributed by atoms with Gasteiger partial charge in [-0.3, -0.25) is 9.36 Å². The Morgan fingerprint density at radius 1 is 0.975 bits per heavy atom. The Kier molecular flexibility index (Phi) is 8.01. The Bertz CT molecular complexity index is 1660. The van der Waals surface area contributed by atoms with Gasteiger partial charge in [-0.1, -0.05) is 23.7 Å². The zero-order chi connectivity index (χ0) is 28.2. The van der Waals surface area contributed by atoms with Crippen molar-refractivity contribution in [3.05, 3.63) is 71.4 Å². The minimum Gasteiger partial charge on any atom is -0.588 e. The second kappa shape index (κ2) is 11.8. The molecule has 0 radical (unpaired) electrons. The van der Waals surface area contributed by atoms with Gasteiger partial charge in [-0.05, 0) is 49.4 Å². The van der Waals surface area contributed by atoms with Gasteiger partial charge in [-0.2, -0.15) is 4.72 Å². The maximum absolute atomic E-state index is 13.1. The third-order valence-corrected chi connectivity index (χ3v) is 7.09. The lowest BCUT2D eigenvalue weighted by molar-refractivity contribution is 0.112. The number of aromatic nitrogens is 5. The van der Waals surface area contributed by atoms with E-state index in [9.17, 15) is 9.35 Å². The molecule has 0 saturated heterocycles. The third-order valence-electron chi connectivity index (χ3n) is 5.74. The molecule has 1 atom stereocenters. The maximum Gasteiger partial charge on any atom is 0.213 e. The van der Waals surface area contributed by atoms with Crippen LogP contribution in [-0.2, 0) is 11.4 Å². The van der Waals surface area contributed by atoms with Gasteiger partial charge < -0.3 is 18.8 Å². The number of para-hydroxylation sites is 1. The number of hydrogen-bond donors (Lipinski definition) is 1. The molecule has 3 aromatic heterocycles. The molecule has 0 amide bonds. The first-order valence-corrected chi connectivity index (χ1v) is 13.5. The van der Waals surface area contributed by atoms with Crippen molar-refractivity contribution in [1.82, 2.24) is 24.5 Å². The van der Waals surface area contributed by atoms with Crippen LogP contribution in [0.15, 0.2) is 65.6 Å². The molecule has 3 heterocycles. The van der Waals surface area contributed by atoms with Gasteiger partial charge in [0.2, 0.25) is 11.7 Å². The molecule has 0 aliphatic heterocycles. The summed E-state index contributed by atoms with van der Waals surface area (Å²) in [6.45, 7) is 2.31. The normalized spacial score (nSPS) is 11.7. The predicted octanol–water partition coefficient (Wildman–Crippen LogP) is 4.89. The molecule has 40 heavy (non-hydrogen) atoms. The first-order chi connectivity index (χ1) is 19.5. The number of methoxy groups -OCH3 is 2. The number of benzene rings is 2. The third kappa shape index (κ3) is 5.24. The summed E-state index contributed by atoms with van der Waals surface area (Å²) in [4.78, 5) is 29.8. The number of imidazole rings is 1. The number of hydrogen-bond acceptors (Lipinski definition) is 10. The largest absolute Gasteiger partial charge is 0.588 e. The van der Waals surface area contributed by atoms with Crippen molar-refractivity contribution in [3.8, 4) is 34.6 Å². The number of halogens is 1. The van der Waals surface area contributed by atoms with Crippen molar-refractivity contribution in [2.24, 2.45) is 0 Å². The fourth-order valence-corrected chi connectivity index (χ4v) is 5.00. The van der Waals surface area contributed by atoms with Gasteiger partial charge in [0, 0.05) is 11.6 Å². The van der Waals surface area contributed by atoms with E-state index in [1.807, 2.05) is 6.92 Å². The number of fused-ring (bicyclic) bond motifs is 1. The van der Waals surface area contributed by atoms with E-state index in [1.165, 1.54) is 0 Å². The number of anilines is 1. The summed E-state index contributed by atoms with van der Waals surface area (Å²) in [7, 11) is 3.08. The summed E-state index contributed by atoms with van der Waals surface area (Å²) in [6.07, 6.45) is 0.709. The van der Waals surface area contributed by atoms with E-state index in [4.69, 9.17) is 30.8 Å². The first-order valence-electron chi connectivity index (χ1n) is 12.0. The fraction of sp³-hybridized carbons (Fsp3) is 0.148. The molecule has 1 unspecified atom stereocenters. The molecule has 5 rings (SSSR count). The number of carbonyl (C=O) groups excluding carboxylic acids is 1. The molecule has 2 aromatic carbocycles. The van der Waals surface area contributed by atoms with E-state index in [0.29, 0.717) is 57.9 Å². The van der Waals surface area contributed by atoms with Crippen molar-refractivity contribution < 1.29 is 23.6 Å². The Morgan fingerprint density at radius 3 is 2.33 bits per heavy atom. The van der Waals surface area contributed by atoms with Crippen LogP contribution >= 0.6 is 11.6 Å². The smallest absolute Gasteiger partial charge is 0.213 e. The highest BCUT2D eigenvalue weighted by molar-refractivity contribution is 7.92. The minimum absolute atomic E-state index is 0.0374. The number of nitrogens with zero attached hydrogens (tertiary/aromatic N) is 5. The van der Waals surface area contributed by atoms with Crippen LogP contribution in [-0.4, -0.2) is 56.2 Å². The number of aldehydes is 1. The monoisotopic (exact) mass is 578 g/mol. The Hall–Kier alpha value is -4.39. The average Bonchev–Trinajstić information content (AvgIpc) is 3.34. The van der Waals surface area contributed by atoms with Gasteiger partial charge in [-0.15, -0.1) is 0 Å². The molecule has 1 N–H and O–H groups in total. The summed E-state index contributed by atoms with van der Waals surface area (Å²) in [5.41, 5.74) is 1.93. The van der Waals surface area contributed by atoms with Crippen molar-refractivity contribution in [3.63, 3.8) is 0 Å². The van der Waals surface area contributed by atoms with Crippen LogP contribution in [0.3, 0.4) is 0 Å². The van der Waals surface area contributed by atoms with Crippen molar-refractivity contribution in [2.75, 3.05) is 25.5 Å².